The molecule has 31 heavy (non-hydrogen) atoms. The van der Waals surface area contributed by atoms with E-state index in [1.54, 1.807) is 0 Å². The van der Waals surface area contributed by atoms with Crippen LogP contribution in [-0.2, 0) is 16.0 Å². The Morgan fingerprint density at radius 2 is 2.10 bits per heavy atom. The Hall–Kier alpha value is -0.900. The number of nitrogens with zero attached hydrogens (tertiary/aromatic N) is 2. The van der Waals surface area contributed by atoms with Gasteiger partial charge in [-0.2, -0.15) is 0 Å². The number of aliphatic imine (C=N–C) groups is 1. The molecule has 2 heterocycles. The van der Waals surface area contributed by atoms with Gasteiger partial charge in [0.2, 0.25) is 0 Å². The molecule has 2 aliphatic rings. The average Bonchev–Trinajstić information content (AvgIpc) is 3.27. The van der Waals surface area contributed by atoms with Crippen molar-refractivity contribution in [1.82, 2.24) is 15.5 Å². The summed E-state index contributed by atoms with van der Waals surface area (Å²) in [4.78, 5) is 7.34. The number of rotatable bonds is 10. The summed E-state index contributed by atoms with van der Waals surface area (Å²) in [5, 5.41) is 7.05. The molecule has 1 aromatic carbocycles. The molecule has 0 bridgehead atoms. The molecule has 0 spiro atoms. The van der Waals surface area contributed by atoms with E-state index in [1.807, 2.05) is 0 Å². The van der Waals surface area contributed by atoms with Crippen molar-refractivity contribution in [3.05, 3.63) is 35.9 Å². The summed E-state index contributed by atoms with van der Waals surface area (Å²) in [6, 6.07) is 11.8. The van der Waals surface area contributed by atoms with Gasteiger partial charge in [0.25, 0.3) is 0 Å². The van der Waals surface area contributed by atoms with Crippen LogP contribution in [0.1, 0.15) is 51.5 Å². The van der Waals surface area contributed by atoms with Crippen molar-refractivity contribution in [3.63, 3.8) is 0 Å². The van der Waals surface area contributed by atoms with Crippen molar-refractivity contribution in [3.8, 4) is 0 Å². The Bertz CT molecular complexity index is 625. The van der Waals surface area contributed by atoms with Gasteiger partial charge in [0.15, 0.2) is 5.96 Å². The molecule has 6 nitrogen and oxygen atoms in total. The van der Waals surface area contributed by atoms with Crippen molar-refractivity contribution in [2.24, 2.45) is 4.99 Å². The molecule has 1 aromatic rings. The minimum Gasteiger partial charge on any atom is -0.379 e. The molecule has 3 rings (SSSR count). The van der Waals surface area contributed by atoms with Crippen LogP contribution in [0.2, 0.25) is 0 Å². The van der Waals surface area contributed by atoms with Crippen LogP contribution < -0.4 is 10.6 Å². The van der Waals surface area contributed by atoms with E-state index in [9.17, 15) is 0 Å². The standard InChI is InChI=1S/C24H40N4O2.HI/c1-3-25-24(26-13-8-15-29-19-23-11-7-16-30-23)27-22-12-14-28(20(2)17-22)18-21-9-5-4-6-10-21;/h4-6,9-10,20,22-23H,3,7-8,11-19H2,1-2H3,(H2,25,26,27);1H. The molecule has 0 radical (unpaired) electrons. The number of hydrogen-bond donors (Lipinski definition) is 2. The van der Waals surface area contributed by atoms with Crippen LogP contribution in [0.5, 0.6) is 0 Å². The van der Waals surface area contributed by atoms with Crippen LogP contribution in [0.4, 0.5) is 0 Å². The van der Waals surface area contributed by atoms with Gasteiger partial charge in [-0.1, -0.05) is 30.3 Å². The first-order valence-electron chi connectivity index (χ1n) is 11.8. The number of likely N-dealkylation sites (tertiary alicyclic amines) is 1. The maximum atomic E-state index is 5.74. The van der Waals surface area contributed by atoms with Crippen LogP contribution in [0.15, 0.2) is 35.3 Å². The van der Waals surface area contributed by atoms with Crippen LogP contribution >= 0.6 is 24.0 Å². The van der Waals surface area contributed by atoms with Crippen LogP contribution in [0.3, 0.4) is 0 Å². The fourth-order valence-corrected chi connectivity index (χ4v) is 4.27. The first kappa shape index (κ1) is 26.4. The first-order chi connectivity index (χ1) is 14.7. The van der Waals surface area contributed by atoms with Crippen molar-refractivity contribution >= 4 is 29.9 Å². The average molecular weight is 545 g/mol. The SMILES string of the molecule is CCNC(=NCCCOCC1CCCO1)NC1CCN(Cc2ccccc2)C(C)C1.I. The summed E-state index contributed by atoms with van der Waals surface area (Å²) in [7, 11) is 0. The fraction of sp³-hybridized carbons (Fsp3) is 0.708. The molecule has 0 amide bonds. The van der Waals surface area contributed by atoms with E-state index in [1.165, 1.54) is 12.0 Å². The quantitative estimate of drug-likeness (QED) is 0.203. The summed E-state index contributed by atoms with van der Waals surface area (Å²) in [6.45, 7) is 10.6. The molecule has 0 aromatic heterocycles. The van der Waals surface area contributed by atoms with Crippen LogP contribution in [0.25, 0.3) is 0 Å². The number of hydrogen-bond acceptors (Lipinski definition) is 4. The summed E-state index contributed by atoms with van der Waals surface area (Å²) in [6.07, 6.45) is 5.83. The number of halogens is 1. The molecule has 2 aliphatic heterocycles. The topological polar surface area (TPSA) is 58.1 Å². The number of nitrogens with one attached hydrogen (secondary N) is 2. The molecule has 7 heteroatoms. The zero-order valence-electron chi connectivity index (χ0n) is 19.2. The predicted octanol–water partition coefficient (Wildman–Crippen LogP) is 3.80. The lowest BCUT2D eigenvalue weighted by Gasteiger charge is -2.38. The fourth-order valence-electron chi connectivity index (χ4n) is 4.27. The van der Waals surface area contributed by atoms with Gasteiger partial charge >= 0.3 is 0 Å². The van der Waals surface area contributed by atoms with E-state index >= 15 is 0 Å². The third-order valence-corrected chi connectivity index (χ3v) is 5.97. The molecule has 3 unspecified atom stereocenters. The van der Waals surface area contributed by atoms with E-state index in [-0.39, 0.29) is 24.0 Å². The second kappa shape index (κ2) is 15.0. The number of ether oxygens (including phenoxy) is 2. The third-order valence-electron chi connectivity index (χ3n) is 5.97. The smallest absolute Gasteiger partial charge is 0.191 e. The van der Waals surface area contributed by atoms with Crippen molar-refractivity contribution in [2.45, 2.75) is 70.7 Å². The van der Waals surface area contributed by atoms with Crippen molar-refractivity contribution in [2.75, 3.05) is 39.5 Å². The van der Waals surface area contributed by atoms with Gasteiger partial charge in [0.05, 0.1) is 12.7 Å². The molecule has 2 N–H and O–H groups in total. The number of guanidine groups is 1. The highest BCUT2D eigenvalue weighted by molar-refractivity contribution is 14.0. The zero-order chi connectivity index (χ0) is 21.0. The van der Waals surface area contributed by atoms with Gasteiger partial charge in [0.1, 0.15) is 0 Å². The minimum absolute atomic E-state index is 0. The van der Waals surface area contributed by atoms with E-state index in [0.29, 0.717) is 18.2 Å². The van der Waals surface area contributed by atoms with E-state index in [0.717, 1.165) is 77.6 Å². The van der Waals surface area contributed by atoms with Gasteiger partial charge in [-0.05, 0) is 51.5 Å². The lowest BCUT2D eigenvalue weighted by atomic mass is 9.97. The largest absolute Gasteiger partial charge is 0.379 e. The zero-order valence-corrected chi connectivity index (χ0v) is 21.6. The predicted molar refractivity (Wildman–Crippen MR) is 138 cm³/mol. The van der Waals surface area contributed by atoms with Crippen LogP contribution in [0, 0.1) is 0 Å². The molecular formula is C24H41IN4O2. The van der Waals surface area contributed by atoms with Gasteiger partial charge in [0, 0.05) is 51.5 Å². The molecule has 0 aliphatic carbocycles. The Kier molecular flexibility index (Phi) is 12.8. The van der Waals surface area contributed by atoms with Crippen molar-refractivity contribution < 1.29 is 9.47 Å². The molecule has 2 fully saturated rings. The summed E-state index contributed by atoms with van der Waals surface area (Å²) < 4.78 is 11.3. The number of piperidine rings is 1. The van der Waals surface area contributed by atoms with E-state index < -0.39 is 0 Å². The second-order valence-electron chi connectivity index (χ2n) is 8.49. The normalized spacial score (nSPS) is 24.6. The Labute approximate surface area is 205 Å². The number of benzene rings is 1. The molecule has 2 saturated heterocycles. The Morgan fingerprint density at radius 1 is 1.26 bits per heavy atom. The summed E-state index contributed by atoms with van der Waals surface area (Å²) in [5.74, 6) is 0.935. The highest BCUT2D eigenvalue weighted by Crippen LogP contribution is 2.20. The highest BCUT2D eigenvalue weighted by atomic mass is 127. The van der Waals surface area contributed by atoms with Gasteiger partial charge in [-0.3, -0.25) is 9.89 Å². The molecule has 3 atom stereocenters. The van der Waals surface area contributed by atoms with Gasteiger partial charge in [-0.15, -0.1) is 24.0 Å². The van der Waals surface area contributed by atoms with E-state index in [2.05, 4.69) is 59.7 Å². The Morgan fingerprint density at radius 3 is 2.81 bits per heavy atom. The van der Waals surface area contributed by atoms with Gasteiger partial charge < -0.3 is 20.1 Å². The van der Waals surface area contributed by atoms with E-state index in [4.69, 9.17) is 14.5 Å². The summed E-state index contributed by atoms with van der Waals surface area (Å²) >= 11 is 0. The minimum atomic E-state index is 0. The maximum absolute atomic E-state index is 5.74. The molecular weight excluding hydrogens is 503 g/mol. The first-order valence-corrected chi connectivity index (χ1v) is 11.8. The third kappa shape index (κ3) is 9.63. The highest BCUT2D eigenvalue weighted by Gasteiger charge is 2.26. The van der Waals surface area contributed by atoms with Gasteiger partial charge in [-0.25, -0.2) is 0 Å². The maximum Gasteiger partial charge on any atom is 0.191 e. The Balaban J connectivity index is 0.00000341. The summed E-state index contributed by atoms with van der Waals surface area (Å²) in [5.41, 5.74) is 1.40. The lowest BCUT2D eigenvalue weighted by molar-refractivity contribution is 0.0171. The second-order valence-corrected chi connectivity index (χ2v) is 8.49. The molecule has 0 saturated carbocycles. The lowest BCUT2D eigenvalue weighted by Crippen LogP contribution is -2.51. The van der Waals surface area contributed by atoms with Crippen molar-refractivity contribution in [1.29, 1.82) is 0 Å². The molecule has 176 valence electrons. The van der Waals surface area contributed by atoms with Crippen LogP contribution in [-0.4, -0.2) is 68.5 Å². The monoisotopic (exact) mass is 544 g/mol.